The summed E-state index contributed by atoms with van der Waals surface area (Å²) in [6, 6.07) is 0.197. The molecule has 1 unspecified atom stereocenters. The van der Waals surface area contributed by atoms with E-state index in [0.29, 0.717) is 6.54 Å². The Balaban J connectivity index is 1.78. The number of aromatic nitrogens is 2. The number of furan rings is 1. The maximum Gasteiger partial charge on any atom is 0.343 e. The molecule has 8 nitrogen and oxygen atoms in total. The Morgan fingerprint density at radius 1 is 1.38 bits per heavy atom. The van der Waals surface area contributed by atoms with E-state index in [9.17, 15) is 14.4 Å². The van der Waals surface area contributed by atoms with Gasteiger partial charge in [0, 0.05) is 19.6 Å². The largest absolute Gasteiger partial charge is 0.452 e. The first kappa shape index (κ1) is 18.2. The van der Waals surface area contributed by atoms with Gasteiger partial charge >= 0.3 is 5.97 Å². The summed E-state index contributed by atoms with van der Waals surface area (Å²) in [5.74, 6) is -0.705. The smallest absolute Gasteiger partial charge is 0.343 e. The van der Waals surface area contributed by atoms with Gasteiger partial charge in [-0.05, 0) is 32.6 Å². The molecular formula is C18H23N3O5. The van der Waals surface area contributed by atoms with E-state index in [1.807, 2.05) is 6.92 Å². The lowest BCUT2D eigenvalue weighted by atomic mass is 10.00. The summed E-state index contributed by atoms with van der Waals surface area (Å²) in [6.45, 7) is 3.96. The zero-order valence-corrected chi connectivity index (χ0v) is 15.3. The van der Waals surface area contributed by atoms with Crippen LogP contribution in [-0.2, 0) is 16.6 Å². The third kappa shape index (κ3) is 3.23. The summed E-state index contributed by atoms with van der Waals surface area (Å²) in [5.41, 5.74) is -0.273. The molecule has 26 heavy (non-hydrogen) atoms. The Bertz CT molecular complexity index is 898. The summed E-state index contributed by atoms with van der Waals surface area (Å²) in [4.78, 5) is 43.1. The average molecular weight is 361 g/mol. The minimum Gasteiger partial charge on any atom is -0.452 e. The lowest BCUT2D eigenvalue weighted by Gasteiger charge is -2.35. The topological polar surface area (TPSA) is 94.6 Å². The van der Waals surface area contributed by atoms with Gasteiger partial charge < -0.3 is 18.6 Å². The van der Waals surface area contributed by atoms with Crippen molar-refractivity contribution in [3.05, 3.63) is 28.0 Å². The van der Waals surface area contributed by atoms with Crippen molar-refractivity contribution in [2.24, 2.45) is 7.05 Å². The van der Waals surface area contributed by atoms with E-state index in [1.165, 1.54) is 17.9 Å². The van der Waals surface area contributed by atoms with E-state index in [0.717, 1.165) is 25.7 Å². The van der Waals surface area contributed by atoms with Crippen LogP contribution in [0.5, 0.6) is 0 Å². The average Bonchev–Trinajstić information content (AvgIpc) is 2.99. The minimum atomic E-state index is -0.746. The summed E-state index contributed by atoms with van der Waals surface area (Å²) in [5, 5.41) is 0.0781. The molecule has 0 bridgehead atoms. The highest BCUT2D eigenvalue weighted by Gasteiger charge is 2.28. The molecule has 0 radical (unpaired) electrons. The first-order valence-corrected chi connectivity index (χ1v) is 8.85. The van der Waals surface area contributed by atoms with Crippen molar-refractivity contribution in [1.82, 2.24) is 14.5 Å². The number of ether oxygens (including phenoxy) is 1. The van der Waals surface area contributed by atoms with Crippen LogP contribution in [0, 0.1) is 6.92 Å². The fourth-order valence-electron chi connectivity index (χ4n) is 3.47. The lowest BCUT2D eigenvalue weighted by Crippen LogP contribution is -2.45. The second kappa shape index (κ2) is 7.31. The molecule has 1 amide bonds. The minimum absolute atomic E-state index is 0.0344. The van der Waals surface area contributed by atoms with Crippen LogP contribution in [0.15, 0.2) is 15.5 Å². The third-order valence-corrected chi connectivity index (χ3v) is 4.90. The molecule has 1 atom stereocenters. The maximum absolute atomic E-state index is 12.5. The van der Waals surface area contributed by atoms with Gasteiger partial charge in [0.2, 0.25) is 5.71 Å². The first-order chi connectivity index (χ1) is 12.4. The fraction of sp³-hybridized carbons (Fsp3) is 0.556. The van der Waals surface area contributed by atoms with Gasteiger partial charge in [-0.2, -0.15) is 0 Å². The van der Waals surface area contributed by atoms with Gasteiger partial charge in [-0.1, -0.05) is 6.92 Å². The Kier molecular flexibility index (Phi) is 5.11. The van der Waals surface area contributed by atoms with Crippen molar-refractivity contribution in [2.75, 3.05) is 13.2 Å². The van der Waals surface area contributed by atoms with Crippen molar-refractivity contribution < 1.29 is 18.7 Å². The van der Waals surface area contributed by atoms with Gasteiger partial charge in [0.1, 0.15) is 23.0 Å². The van der Waals surface area contributed by atoms with Crippen LogP contribution in [0.25, 0.3) is 11.1 Å². The summed E-state index contributed by atoms with van der Waals surface area (Å²) in [6.07, 6.45) is 5.26. The third-order valence-electron chi connectivity index (χ3n) is 4.90. The molecule has 1 aliphatic heterocycles. The van der Waals surface area contributed by atoms with E-state index < -0.39 is 11.5 Å². The van der Waals surface area contributed by atoms with Crippen molar-refractivity contribution in [3.63, 3.8) is 0 Å². The molecule has 0 aliphatic carbocycles. The molecule has 2 aromatic rings. The van der Waals surface area contributed by atoms with Crippen molar-refractivity contribution in [3.8, 4) is 0 Å². The van der Waals surface area contributed by atoms with E-state index in [4.69, 9.17) is 9.15 Å². The number of amides is 1. The number of carbonyl (C=O) groups excluding carboxylic acids is 2. The molecular weight excluding hydrogens is 338 g/mol. The number of carbonyl (C=O) groups is 2. The van der Waals surface area contributed by atoms with Crippen molar-refractivity contribution in [1.29, 1.82) is 0 Å². The SMILES string of the molecule is CCC1CCCCN1C(=O)COC(=O)c1c(C)oc2ncn(C)c(=O)c12. The van der Waals surface area contributed by atoms with Crippen LogP contribution in [-0.4, -0.2) is 45.5 Å². The molecule has 3 heterocycles. The van der Waals surface area contributed by atoms with Crippen LogP contribution in [0.1, 0.15) is 48.7 Å². The maximum atomic E-state index is 12.5. The van der Waals surface area contributed by atoms with Gasteiger partial charge in [-0.3, -0.25) is 9.59 Å². The molecule has 0 spiro atoms. The summed E-state index contributed by atoms with van der Waals surface area (Å²) < 4.78 is 11.9. The van der Waals surface area contributed by atoms with Gasteiger partial charge in [0.15, 0.2) is 6.61 Å². The molecule has 2 aromatic heterocycles. The van der Waals surface area contributed by atoms with Crippen LogP contribution in [0.4, 0.5) is 0 Å². The van der Waals surface area contributed by atoms with Gasteiger partial charge in [0.25, 0.3) is 11.5 Å². The molecule has 0 aromatic carbocycles. The normalized spacial score (nSPS) is 17.5. The zero-order valence-electron chi connectivity index (χ0n) is 15.3. The van der Waals surface area contributed by atoms with Crippen LogP contribution in [0.2, 0.25) is 0 Å². The Morgan fingerprint density at radius 2 is 2.15 bits per heavy atom. The number of nitrogens with zero attached hydrogens (tertiary/aromatic N) is 3. The van der Waals surface area contributed by atoms with E-state index >= 15 is 0 Å². The monoisotopic (exact) mass is 361 g/mol. The number of hydrogen-bond donors (Lipinski definition) is 0. The van der Waals surface area contributed by atoms with Crippen molar-refractivity contribution >= 4 is 23.0 Å². The van der Waals surface area contributed by atoms with Gasteiger partial charge in [-0.25, -0.2) is 9.78 Å². The fourth-order valence-corrected chi connectivity index (χ4v) is 3.47. The summed E-state index contributed by atoms with van der Waals surface area (Å²) >= 11 is 0. The van der Waals surface area contributed by atoms with E-state index in [-0.39, 0.29) is 41.0 Å². The second-order valence-electron chi connectivity index (χ2n) is 6.60. The van der Waals surface area contributed by atoms with Gasteiger partial charge in [0.05, 0.1) is 0 Å². The lowest BCUT2D eigenvalue weighted by molar-refractivity contribution is -0.138. The van der Waals surface area contributed by atoms with Gasteiger partial charge in [-0.15, -0.1) is 0 Å². The Hall–Kier alpha value is -2.64. The molecule has 1 saturated heterocycles. The quantitative estimate of drug-likeness (QED) is 0.771. The molecule has 0 saturated carbocycles. The van der Waals surface area contributed by atoms with Crippen molar-refractivity contribution in [2.45, 2.75) is 45.6 Å². The van der Waals surface area contributed by atoms with Crippen LogP contribution in [0.3, 0.4) is 0 Å². The molecule has 1 aliphatic rings. The number of likely N-dealkylation sites (tertiary alicyclic amines) is 1. The highest BCUT2D eigenvalue weighted by Crippen LogP contribution is 2.22. The number of fused-ring (bicyclic) bond motifs is 1. The number of rotatable bonds is 4. The predicted octanol–water partition coefficient (Wildman–Crippen LogP) is 1.78. The molecule has 1 fully saturated rings. The predicted molar refractivity (Wildman–Crippen MR) is 93.9 cm³/mol. The Labute approximate surface area is 150 Å². The number of hydrogen-bond acceptors (Lipinski definition) is 6. The molecule has 3 rings (SSSR count). The number of piperidine rings is 1. The van der Waals surface area contributed by atoms with E-state index in [2.05, 4.69) is 4.98 Å². The molecule has 0 N–H and O–H groups in total. The standard InChI is InChI=1S/C18H23N3O5/c1-4-12-7-5-6-8-21(12)13(22)9-25-18(24)14-11(2)26-16-15(14)17(23)20(3)10-19-16/h10,12H,4-9H2,1-3H3. The molecule has 8 heteroatoms. The second-order valence-corrected chi connectivity index (χ2v) is 6.60. The highest BCUT2D eigenvalue weighted by molar-refractivity contribution is 6.03. The first-order valence-electron chi connectivity index (χ1n) is 8.85. The van der Waals surface area contributed by atoms with Crippen LogP contribution < -0.4 is 5.56 Å². The highest BCUT2D eigenvalue weighted by atomic mass is 16.5. The Morgan fingerprint density at radius 3 is 2.88 bits per heavy atom. The number of aryl methyl sites for hydroxylation is 2. The molecule has 140 valence electrons. The van der Waals surface area contributed by atoms with Crippen LogP contribution >= 0.6 is 0 Å². The zero-order chi connectivity index (χ0) is 18.8. The summed E-state index contributed by atoms with van der Waals surface area (Å²) in [7, 11) is 1.54. The number of esters is 1. The van der Waals surface area contributed by atoms with E-state index in [1.54, 1.807) is 11.8 Å².